The fourth-order valence-corrected chi connectivity index (χ4v) is 3.52. The molecule has 0 spiro atoms. The molecule has 1 aromatic rings. The van der Waals surface area contributed by atoms with E-state index in [0.29, 0.717) is 6.42 Å². The van der Waals surface area contributed by atoms with E-state index in [1.807, 2.05) is 6.07 Å². The SMILES string of the molecule is CCCCCCCCCCCCc1ccccc1S(=O)(=O)O.[Ca+2]. The molecule has 0 amide bonds. The van der Waals surface area contributed by atoms with Crippen LogP contribution < -0.4 is 0 Å². The fraction of sp³-hybridized carbons (Fsp3) is 0.667. The van der Waals surface area contributed by atoms with E-state index in [9.17, 15) is 13.0 Å². The Morgan fingerprint density at radius 1 is 0.826 bits per heavy atom. The third-order valence-electron chi connectivity index (χ3n) is 4.05. The molecule has 1 N–H and O–H groups in total. The topological polar surface area (TPSA) is 54.4 Å². The Balaban J connectivity index is 0.00000484. The van der Waals surface area contributed by atoms with Crippen LogP contribution in [0.25, 0.3) is 0 Å². The summed E-state index contributed by atoms with van der Waals surface area (Å²) in [5, 5.41) is 0. The van der Waals surface area contributed by atoms with Gasteiger partial charge in [0.15, 0.2) is 0 Å². The van der Waals surface area contributed by atoms with Crippen LogP contribution in [0.5, 0.6) is 0 Å². The third kappa shape index (κ3) is 10.8. The van der Waals surface area contributed by atoms with Crippen molar-refractivity contribution in [3.8, 4) is 0 Å². The van der Waals surface area contributed by atoms with Gasteiger partial charge in [-0.05, 0) is 24.5 Å². The smallest absolute Gasteiger partial charge is 0.282 e. The Hall–Kier alpha value is 0.390. The molecule has 0 atom stereocenters. The predicted molar refractivity (Wildman–Crippen MR) is 97.6 cm³/mol. The zero-order valence-electron chi connectivity index (χ0n) is 14.5. The minimum absolute atomic E-state index is 0. The molecule has 0 heterocycles. The van der Waals surface area contributed by atoms with Crippen molar-refractivity contribution in [3.05, 3.63) is 29.8 Å². The fourth-order valence-electron chi connectivity index (χ4n) is 2.76. The summed E-state index contributed by atoms with van der Waals surface area (Å²) >= 11 is 0. The van der Waals surface area contributed by atoms with Crippen molar-refractivity contribution in [2.24, 2.45) is 0 Å². The van der Waals surface area contributed by atoms with Crippen LogP contribution in [-0.2, 0) is 16.5 Å². The molecule has 0 saturated heterocycles. The molecule has 5 heteroatoms. The van der Waals surface area contributed by atoms with Crippen molar-refractivity contribution < 1.29 is 13.0 Å². The molecule has 0 aliphatic heterocycles. The average Bonchev–Trinajstić information content (AvgIpc) is 2.48. The molecule has 0 unspecified atom stereocenters. The molecule has 0 aliphatic rings. The summed E-state index contributed by atoms with van der Waals surface area (Å²) in [5.41, 5.74) is 0.726. The summed E-state index contributed by atoms with van der Waals surface area (Å²) in [5.74, 6) is 0. The largest absolute Gasteiger partial charge is 2.00 e. The van der Waals surface area contributed by atoms with E-state index in [1.54, 1.807) is 12.1 Å². The summed E-state index contributed by atoms with van der Waals surface area (Å²) in [6.07, 6.45) is 13.3. The maximum Gasteiger partial charge on any atom is 2.00 e. The first-order chi connectivity index (χ1) is 10.6. The van der Waals surface area contributed by atoms with Crippen LogP contribution in [0.1, 0.15) is 76.7 Å². The van der Waals surface area contributed by atoms with E-state index in [-0.39, 0.29) is 42.6 Å². The Bertz CT molecular complexity index is 515. The number of rotatable bonds is 12. The van der Waals surface area contributed by atoms with Crippen molar-refractivity contribution in [3.63, 3.8) is 0 Å². The number of hydrogen-bond acceptors (Lipinski definition) is 2. The van der Waals surface area contributed by atoms with Crippen LogP contribution in [-0.4, -0.2) is 50.7 Å². The Morgan fingerprint density at radius 3 is 1.83 bits per heavy atom. The van der Waals surface area contributed by atoms with Crippen LogP contribution in [0.2, 0.25) is 0 Å². The molecular weight excluding hydrogens is 336 g/mol. The predicted octanol–water partition coefficient (Wildman–Crippen LogP) is 5.02. The first-order valence-corrected chi connectivity index (χ1v) is 10.0. The van der Waals surface area contributed by atoms with E-state index in [4.69, 9.17) is 0 Å². The Labute approximate surface area is 172 Å². The van der Waals surface area contributed by atoms with Crippen molar-refractivity contribution >= 4 is 47.9 Å². The molecule has 0 aromatic heterocycles. The molecule has 0 fully saturated rings. The minimum atomic E-state index is -4.10. The summed E-state index contributed by atoms with van der Waals surface area (Å²) in [4.78, 5) is 0.0610. The van der Waals surface area contributed by atoms with Gasteiger partial charge in [-0.3, -0.25) is 4.55 Å². The van der Waals surface area contributed by atoms with Crippen LogP contribution in [0.3, 0.4) is 0 Å². The molecule has 23 heavy (non-hydrogen) atoms. The second-order valence-corrected chi connectivity index (χ2v) is 7.40. The average molecular weight is 367 g/mol. The summed E-state index contributed by atoms with van der Waals surface area (Å²) in [7, 11) is -4.10. The van der Waals surface area contributed by atoms with Gasteiger partial charge in [0.1, 0.15) is 0 Å². The van der Waals surface area contributed by atoms with Crippen LogP contribution >= 0.6 is 0 Å². The zero-order valence-corrected chi connectivity index (χ0v) is 17.5. The van der Waals surface area contributed by atoms with Crippen LogP contribution in [0, 0.1) is 0 Å². The molecule has 3 nitrogen and oxygen atoms in total. The van der Waals surface area contributed by atoms with Crippen molar-refractivity contribution in [1.82, 2.24) is 0 Å². The Kier molecular flexibility index (Phi) is 13.9. The van der Waals surface area contributed by atoms with Crippen molar-refractivity contribution in [1.29, 1.82) is 0 Å². The second kappa shape index (κ2) is 13.7. The van der Waals surface area contributed by atoms with E-state index >= 15 is 0 Å². The van der Waals surface area contributed by atoms with Gasteiger partial charge in [-0.15, -0.1) is 0 Å². The molecule has 0 bridgehead atoms. The van der Waals surface area contributed by atoms with E-state index in [2.05, 4.69) is 6.92 Å². The van der Waals surface area contributed by atoms with Crippen LogP contribution in [0.4, 0.5) is 0 Å². The van der Waals surface area contributed by atoms with Crippen molar-refractivity contribution in [2.75, 3.05) is 0 Å². The van der Waals surface area contributed by atoms with Gasteiger partial charge < -0.3 is 0 Å². The molecule has 0 saturated carbocycles. The second-order valence-electron chi connectivity index (χ2n) is 6.01. The van der Waals surface area contributed by atoms with E-state index in [0.717, 1.165) is 18.4 Å². The van der Waals surface area contributed by atoms with Gasteiger partial charge in [-0.25, -0.2) is 0 Å². The number of aryl methyl sites for hydroxylation is 1. The number of benzene rings is 1. The summed E-state index contributed by atoms with van der Waals surface area (Å²) in [6, 6.07) is 6.73. The monoisotopic (exact) mass is 366 g/mol. The van der Waals surface area contributed by atoms with Gasteiger partial charge in [0, 0.05) is 0 Å². The molecule has 0 radical (unpaired) electrons. The number of unbranched alkanes of at least 4 members (excludes halogenated alkanes) is 9. The summed E-state index contributed by atoms with van der Waals surface area (Å²) in [6.45, 7) is 2.24. The normalized spacial score (nSPS) is 11.2. The molecule has 126 valence electrons. The minimum Gasteiger partial charge on any atom is -0.282 e. The quantitative estimate of drug-likeness (QED) is 0.321. The van der Waals surface area contributed by atoms with E-state index in [1.165, 1.54) is 57.4 Å². The van der Waals surface area contributed by atoms with Gasteiger partial charge in [0.25, 0.3) is 10.1 Å². The first kappa shape index (κ1) is 23.4. The van der Waals surface area contributed by atoms with E-state index < -0.39 is 10.1 Å². The molecule has 1 rings (SSSR count). The maximum atomic E-state index is 11.3. The molecule has 0 aliphatic carbocycles. The first-order valence-electron chi connectivity index (χ1n) is 8.61. The van der Waals surface area contributed by atoms with Crippen LogP contribution in [0.15, 0.2) is 29.2 Å². The standard InChI is InChI=1S/C18H30O3S.Ca/c1-2-3-4-5-6-7-8-9-10-11-14-17-15-12-13-16-18(17)22(19,20)21;/h12-13,15-16H,2-11,14H2,1H3,(H,19,20,21);/q;+2. The van der Waals surface area contributed by atoms with Crippen molar-refractivity contribution in [2.45, 2.75) is 82.4 Å². The van der Waals surface area contributed by atoms with Gasteiger partial charge >= 0.3 is 37.7 Å². The zero-order chi connectivity index (χ0) is 16.3. The Morgan fingerprint density at radius 2 is 1.30 bits per heavy atom. The van der Waals surface area contributed by atoms with Gasteiger partial charge in [-0.2, -0.15) is 8.42 Å². The molecule has 1 aromatic carbocycles. The molecular formula is C18H30CaO3S+2. The maximum absolute atomic E-state index is 11.3. The number of hydrogen-bond donors (Lipinski definition) is 1. The summed E-state index contributed by atoms with van der Waals surface area (Å²) < 4.78 is 31.8. The van der Waals surface area contributed by atoms with Gasteiger partial charge in [0.05, 0.1) is 4.90 Å². The van der Waals surface area contributed by atoms with Gasteiger partial charge in [0.2, 0.25) is 0 Å². The van der Waals surface area contributed by atoms with Gasteiger partial charge in [-0.1, -0.05) is 82.9 Å². The third-order valence-corrected chi connectivity index (χ3v) is 5.00.